The number of aryl methyl sites for hydroxylation is 1. The van der Waals surface area contributed by atoms with Gasteiger partial charge in [0.1, 0.15) is 9.45 Å². The van der Waals surface area contributed by atoms with E-state index in [1.54, 1.807) is 12.3 Å². The number of nitrogens with zero attached hydrogens (tertiary/aromatic N) is 2. The lowest BCUT2D eigenvalue weighted by molar-refractivity contribution is 0.443. The third-order valence-corrected chi connectivity index (χ3v) is 3.62. The molecule has 0 radical (unpaired) electrons. The van der Waals surface area contributed by atoms with Crippen molar-refractivity contribution in [1.29, 1.82) is 0 Å². The number of benzene rings is 1. The highest BCUT2D eigenvalue weighted by atomic mass is 127. The van der Waals surface area contributed by atoms with Gasteiger partial charge < -0.3 is 10.5 Å². The molecule has 0 atom stereocenters. The number of anilines is 1. The lowest BCUT2D eigenvalue weighted by Crippen LogP contribution is -1.95. The second-order valence-electron chi connectivity index (χ2n) is 4.30. The van der Waals surface area contributed by atoms with Crippen molar-refractivity contribution in [1.82, 2.24) is 15.2 Å². The predicted molar refractivity (Wildman–Crippen MR) is 82.2 cm³/mol. The van der Waals surface area contributed by atoms with Crippen molar-refractivity contribution in [2.45, 2.75) is 6.92 Å². The fraction of sp³-hybridized carbons (Fsp3) is 0.0769. The highest BCUT2D eigenvalue weighted by molar-refractivity contribution is 14.1. The molecule has 7 heteroatoms. The number of hydrogen-bond acceptors (Lipinski definition) is 4. The number of halogens is 2. The van der Waals surface area contributed by atoms with Gasteiger partial charge in [0.15, 0.2) is 17.2 Å². The maximum absolute atomic E-state index is 13.8. The van der Waals surface area contributed by atoms with E-state index in [1.807, 2.05) is 6.92 Å². The highest BCUT2D eigenvalue weighted by Crippen LogP contribution is 2.35. The minimum atomic E-state index is -0.507. The molecule has 3 N–H and O–H groups in total. The van der Waals surface area contributed by atoms with Crippen molar-refractivity contribution in [2.75, 3.05) is 5.73 Å². The van der Waals surface area contributed by atoms with Crippen molar-refractivity contribution in [2.24, 2.45) is 0 Å². The van der Waals surface area contributed by atoms with Crippen molar-refractivity contribution < 1.29 is 9.13 Å². The number of H-pyrrole nitrogens is 1. The first-order valence-electron chi connectivity index (χ1n) is 5.78. The predicted octanol–water partition coefficient (Wildman–Crippen LogP) is 3.38. The molecule has 0 amide bonds. The van der Waals surface area contributed by atoms with E-state index in [4.69, 9.17) is 10.5 Å². The van der Waals surface area contributed by atoms with Crippen LogP contribution in [-0.4, -0.2) is 15.2 Å². The number of aromatic nitrogens is 3. The van der Waals surface area contributed by atoms with Crippen LogP contribution in [0.4, 0.5) is 10.1 Å². The van der Waals surface area contributed by atoms with E-state index >= 15 is 0 Å². The first-order chi connectivity index (χ1) is 9.56. The second-order valence-corrected chi connectivity index (χ2v) is 5.38. The zero-order valence-electron chi connectivity index (χ0n) is 10.4. The van der Waals surface area contributed by atoms with Crippen LogP contribution in [-0.2, 0) is 0 Å². The number of nitrogens with two attached hydrogens (primary N) is 1. The standard InChI is InChI=1S/C13H10FIN4O/c1-6-5-17-13-10(12(15)18-19-13)11(6)20-9-3-2-7(16)4-8(9)14/h2-5H,16H2,1H3,(H,17,18,19). The van der Waals surface area contributed by atoms with Crippen LogP contribution in [0.3, 0.4) is 0 Å². The summed E-state index contributed by atoms with van der Waals surface area (Å²) in [6.07, 6.45) is 1.64. The minimum absolute atomic E-state index is 0.117. The Kier molecular flexibility index (Phi) is 3.20. The molecule has 0 saturated heterocycles. The van der Waals surface area contributed by atoms with Gasteiger partial charge in [-0.3, -0.25) is 5.10 Å². The Balaban J connectivity index is 2.14. The SMILES string of the molecule is Cc1cnc2n[nH]c(I)c2c1Oc1ccc(N)cc1F. The fourth-order valence-electron chi connectivity index (χ4n) is 1.86. The highest BCUT2D eigenvalue weighted by Gasteiger charge is 2.16. The summed E-state index contributed by atoms with van der Waals surface area (Å²) < 4.78 is 20.4. The summed E-state index contributed by atoms with van der Waals surface area (Å²) in [5, 5.41) is 7.63. The fourth-order valence-corrected chi connectivity index (χ4v) is 2.47. The number of rotatable bonds is 2. The van der Waals surface area contributed by atoms with E-state index in [9.17, 15) is 4.39 Å². The van der Waals surface area contributed by atoms with Crippen molar-refractivity contribution in [3.05, 3.63) is 39.5 Å². The van der Waals surface area contributed by atoms with E-state index in [-0.39, 0.29) is 5.75 Å². The molecule has 2 aromatic heterocycles. The van der Waals surface area contributed by atoms with Crippen molar-refractivity contribution in [3.63, 3.8) is 0 Å². The van der Waals surface area contributed by atoms with Crippen molar-refractivity contribution in [3.8, 4) is 11.5 Å². The van der Waals surface area contributed by atoms with Gasteiger partial charge in [-0.15, -0.1) is 0 Å². The second kappa shape index (κ2) is 4.89. The molecule has 0 fully saturated rings. The molecule has 2 heterocycles. The molecular formula is C13H10FIN4O. The smallest absolute Gasteiger partial charge is 0.185 e. The molecule has 3 aromatic rings. The summed E-state index contributed by atoms with van der Waals surface area (Å²) >= 11 is 2.10. The van der Waals surface area contributed by atoms with Gasteiger partial charge in [-0.2, -0.15) is 5.10 Å². The van der Waals surface area contributed by atoms with Crippen LogP contribution in [0.15, 0.2) is 24.4 Å². The molecule has 3 rings (SSSR count). The Morgan fingerprint density at radius 3 is 2.95 bits per heavy atom. The molecule has 0 spiro atoms. The van der Waals surface area contributed by atoms with Crippen LogP contribution in [0, 0.1) is 16.4 Å². The number of nitrogen functional groups attached to an aromatic ring is 1. The third kappa shape index (κ3) is 2.17. The molecule has 20 heavy (non-hydrogen) atoms. The van der Waals surface area contributed by atoms with Crippen LogP contribution in [0.2, 0.25) is 0 Å². The molecular weight excluding hydrogens is 374 g/mol. The van der Waals surface area contributed by atoms with Gasteiger partial charge >= 0.3 is 0 Å². The average Bonchev–Trinajstić information content (AvgIpc) is 2.77. The van der Waals surface area contributed by atoms with E-state index in [1.165, 1.54) is 12.1 Å². The number of fused-ring (bicyclic) bond motifs is 1. The van der Waals surface area contributed by atoms with Crippen LogP contribution in [0.25, 0.3) is 11.0 Å². The number of aromatic amines is 1. The van der Waals surface area contributed by atoms with Gasteiger partial charge in [0.05, 0.1) is 5.39 Å². The number of ether oxygens (including phenoxy) is 1. The van der Waals surface area contributed by atoms with E-state index in [0.29, 0.717) is 17.1 Å². The molecule has 1 aromatic carbocycles. The third-order valence-electron chi connectivity index (χ3n) is 2.84. The maximum Gasteiger partial charge on any atom is 0.185 e. The van der Waals surface area contributed by atoms with E-state index in [0.717, 1.165) is 14.7 Å². The van der Waals surface area contributed by atoms with Gasteiger partial charge in [0, 0.05) is 23.5 Å². The molecule has 0 aliphatic carbocycles. The summed E-state index contributed by atoms with van der Waals surface area (Å²) in [5.74, 6) is 0.150. The Hall–Kier alpha value is -1.90. The molecule has 0 bridgehead atoms. The maximum atomic E-state index is 13.8. The Bertz CT molecular complexity index is 802. The Labute approximate surface area is 127 Å². The van der Waals surface area contributed by atoms with Crippen molar-refractivity contribution >= 4 is 39.3 Å². The quantitative estimate of drug-likeness (QED) is 0.525. The molecule has 102 valence electrons. The van der Waals surface area contributed by atoms with Crippen LogP contribution < -0.4 is 10.5 Å². The van der Waals surface area contributed by atoms with E-state index < -0.39 is 5.82 Å². The van der Waals surface area contributed by atoms with Gasteiger partial charge in [0.25, 0.3) is 0 Å². The normalized spacial score (nSPS) is 10.9. The summed E-state index contributed by atoms with van der Waals surface area (Å²) in [4.78, 5) is 4.20. The topological polar surface area (TPSA) is 76.8 Å². The van der Waals surface area contributed by atoms with Gasteiger partial charge in [-0.1, -0.05) is 0 Å². The van der Waals surface area contributed by atoms with Crippen LogP contribution >= 0.6 is 22.6 Å². The largest absolute Gasteiger partial charge is 0.453 e. The first-order valence-corrected chi connectivity index (χ1v) is 6.86. The molecule has 0 saturated carbocycles. The molecule has 5 nitrogen and oxygen atoms in total. The summed E-state index contributed by atoms with van der Waals surface area (Å²) in [6, 6.07) is 4.32. The monoisotopic (exact) mass is 384 g/mol. The Morgan fingerprint density at radius 2 is 2.20 bits per heavy atom. The van der Waals surface area contributed by atoms with E-state index in [2.05, 4.69) is 37.8 Å². The Morgan fingerprint density at radius 1 is 1.40 bits per heavy atom. The first kappa shape index (κ1) is 13.1. The van der Waals surface area contributed by atoms with Crippen LogP contribution in [0.5, 0.6) is 11.5 Å². The minimum Gasteiger partial charge on any atom is -0.453 e. The number of nitrogens with one attached hydrogen (secondary N) is 1. The number of pyridine rings is 1. The van der Waals surface area contributed by atoms with Gasteiger partial charge in [-0.25, -0.2) is 9.37 Å². The zero-order chi connectivity index (χ0) is 14.3. The average molecular weight is 384 g/mol. The summed E-state index contributed by atoms with van der Waals surface area (Å²) in [7, 11) is 0. The lowest BCUT2D eigenvalue weighted by atomic mass is 10.2. The lowest BCUT2D eigenvalue weighted by Gasteiger charge is -2.10. The van der Waals surface area contributed by atoms with Gasteiger partial charge in [-0.05, 0) is 41.6 Å². The van der Waals surface area contributed by atoms with Crippen LogP contribution in [0.1, 0.15) is 5.56 Å². The zero-order valence-corrected chi connectivity index (χ0v) is 12.6. The molecule has 0 aliphatic rings. The molecule has 0 aliphatic heterocycles. The molecule has 0 unspecified atom stereocenters. The summed E-state index contributed by atoms with van der Waals surface area (Å²) in [6.45, 7) is 1.85. The van der Waals surface area contributed by atoms with Gasteiger partial charge in [0.2, 0.25) is 0 Å². The number of hydrogen-bond donors (Lipinski definition) is 2. The summed E-state index contributed by atoms with van der Waals surface area (Å²) in [5.41, 5.74) is 7.21.